The van der Waals surface area contributed by atoms with Crippen molar-refractivity contribution >= 4 is 28.8 Å². The van der Waals surface area contributed by atoms with E-state index in [9.17, 15) is 10.1 Å². The van der Waals surface area contributed by atoms with Crippen molar-refractivity contribution in [3.05, 3.63) is 57.2 Å². The van der Waals surface area contributed by atoms with Gasteiger partial charge in [-0.05, 0) is 23.8 Å². The SMILES string of the molecule is CN(C)c1ncccc1NCc1cc([N+](=O)[O-])ccc1Cl. The summed E-state index contributed by atoms with van der Waals surface area (Å²) in [6, 6.07) is 8.12. The van der Waals surface area contributed by atoms with Crippen LogP contribution in [0.4, 0.5) is 17.2 Å². The highest BCUT2D eigenvalue weighted by Crippen LogP contribution is 2.25. The molecule has 0 aliphatic rings. The molecule has 0 atom stereocenters. The zero-order valence-corrected chi connectivity index (χ0v) is 12.5. The van der Waals surface area contributed by atoms with Crippen molar-refractivity contribution in [2.45, 2.75) is 6.54 Å². The van der Waals surface area contributed by atoms with Gasteiger partial charge in [-0.1, -0.05) is 11.6 Å². The predicted octanol–water partition coefficient (Wildman–Crippen LogP) is 3.32. The molecular weight excluding hydrogens is 292 g/mol. The molecule has 0 unspecified atom stereocenters. The zero-order valence-electron chi connectivity index (χ0n) is 11.7. The molecule has 0 aliphatic carbocycles. The molecule has 1 aromatic heterocycles. The number of benzene rings is 1. The summed E-state index contributed by atoms with van der Waals surface area (Å²) in [5.74, 6) is 0.791. The molecule has 2 rings (SSSR count). The van der Waals surface area contributed by atoms with Crippen LogP contribution in [0.5, 0.6) is 0 Å². The van der Waals surface area contributed by atoms with E-state index in [-0.39, 0.29) is 5.69 Å². The summed E-state index contributed by atoms with van der Waals surface area (Å²) in [5.41, 5.74) is 1.53. The third-order valence-corrected chi connectivity index (χ3v) is 3.29. The molecule has 0 bridgehead atoms. The number of aromatic nitrogens is 1. The van der Waals surface area contributed by atoms with Gasteiger partial charge in [0.15, 0.2) is 5.82 Å². The number of hydrogen-bond donors (Lipinski definition) is 1. The van der Waals surface area contributed by atoms with Gasteiger partial charge in [-0.15, -0.1) is 0 Å². The Morgan fingerprint density at radius 2 is 2.14 bits per heavy atom. The van der Waals surface area contributed by atoms with Crippen molar-refractivity contribution in [3.8, 4) is 0 Å². The molecule has 1 N–H and O–H groups in total. The van der Waals surface area contributed by atoms with Gasteiger partial charge in [0, 0.05) is 44.0 Å². The lowest BCUT2D eigenvalue weighted by Crippen LogP contribution is -2.13. The van der Waals surface area contributed by atoms with Crippen LogP contribution in [-0.2, 0) is 6.54 Å². The number of anilines is 2. The van der Waals surface area contributed by atoms with Gasteiger partial charge < -0.3 is 10.2 Å². The zero-order chi connectivity index (χ0) is 15.4. The van der Waals surface area contributed by atoms with Gasteiger partial charge in [-0.2, -0.15) is 0 Å². The minimum Gasteiger partial charge on any atom is -0.378 e. The van der Waals surface area contributed by atoms with Crippen LogP contribution in [-0.4, -0.2) is 24.0 Å². The summed E-state index contributed by atoms with van der Waals surface area (Å²) in [4.78, 5) is 16.5. The first-order chi connectivity index (χ1) is 9.99. The second-order valence-corrected chi connectivity index (χ2v) is 5.06. The maximum Gasteiger partial charge on any atom is 0.269 e. The molecule has 1 heterocycles. The average Bonchev–Trinajstić information content (AvgIpc) is 2.46. The normalized spacial score (nSPS) is 10.2. The number of halogens is 1. The Morgan fingerprint density at radius 3 is 2.81 bits per heavy atom. The van der Waals surface area contributed by atoms with Crippen molar-refractivity contribution < 1.29 is 4.92 Å². The van der Waals surface area contributed by atoms with Gasteiger partial charge in [0.2, 0.25) is 0 Å². The van der Waals surface area contributed by atoms with Crippen molar-refractivity contribution in [1.82, 2.24) is 4.98 Å². The summed E-state index contributed by atoms with van der Waals surface area (Å²) in [7, 11) is 3.79. The smallest absolute Gasteiger partial charge is 0.269 e. The largest absolute Gasteiger partial charge is 0.378 e. The number of hydrogen-bond acceptors (Lipinski definition) is 5. The summed E-state index contributed by atoms with van der Waals surface area (Å²) in [6.07, 6.45) is 1.71. The second kappa shape index (κ2) is 6.41. The van der Waals surface area contributed by atoms with E-state index in [4.69, 9.17) is 11.6 Å². The lowest BCUT2D eigenvalue weighted by molar-refractivity contribution is -0.384. The first kappa shape index (κ1) is 15.1. The van der Waals surface area contributed by atoms with Gasteiger partial charge in [0.05, 0.1) is 10.6 Å². The number of nitro groups is 1. The van der Waals surface area contributed by atoms with Gasteiger partial charge in [0.1, 0.15) is 0 Å². The lowest BCUT2D eigenvalue weighted by Gasteiger charge is -2.17. The van der Waals surface area contributed by atoms with Crippen molar-refractivity contribution in [2.24, 2.45) is 0 Å². The number of rotatable bonds is 5. The topological polar surface area (TPSA) is 71.3 Å². The molecule has 0 aliphatic heterocycles. The van der Waals surface area contributed by atoms with E-state index in [1.54, 1.807) is 6.20 Å². The monoisotopic (exact) mass is 306 g/mol. The molecule has 2 aromatic rings. The number of nitrogens with zero attached hydrogens (tertiary/aromatic N) is 3. The van der Waals surface area contributed by atoms with Gasteiger partial charge in [-0.3, -0.25) is 10.1 Å². The molecule has 0 saturated heterocycles. The lowest BCUT2D eigenvalue weighted by atomic mass is 10.2. The highest BCUT2D eigenvalue weighted by molar-refractivity contribution is 6.31. The van der Waals surface area contributed by atoms with Crippen molar-refractivity contribution in [1.29, 1.82) is 0 Å². The van der Waals surface area contributed by atoms with E-state index in [0.29, 0.717) is 17.1 Å². The van der Waals surface area contributed by atoms with E-state index in [0.717, 1.165) is 11.5 Å². The molecule has 0 radical (unpaired) electrons. The standard InChI is InChI=1S/C14H15ClN4O2/c1-18(2)14-13(4-3-7-16-14)17-9-10-8-11(19(20)21)5-6-12(10)15/h3-8,17H,9H2,1-2H3. The molecule has 0 fully saturated rings. The highest BCUT2D eigenvalue weighted by Gasteiger charge is 2.11. The van der Waals surface area contributed by atoms with E-state index in [2.05, 4.69) is 10.3 Å². The Bertz CT molecular complexity index is 661. The first-order valence-corrected chi connectivity index (χ1v) is 6.66. The Labute approximate surface area is 127 Å². The van der Waals surface area contributed by atoms with E-state index in [1.807, 2.05) is 31.1 Å². The van der Waals surface area contributed by atoms with Gasteiger partial charge >= 0.3 is 0 Å². The van der Waals surface area contributed by atoms with Crippen LogP contribution in [0.2, 0.25) is 5.02 Å². The van der Waals surface area contributed by atoms with Crippen LogP contribution in [0.25, 0.3) is 0 Å². The van der Waals surface area contributed by atoms with Gasteiger partial charge in [-0.25, -0.2) is 4.98 Å². The highest BCUT2D eigenvalue weighted by atomic mass is 35.5. The van der Waals surface area contributed by atoms with E-state index >= 15 is 0 Å². The Balaban J connectivity index is 2.20. The molecule has 21 heavy (non-hydrogen) atoms. The molecule has 1 aromatic carbocycles. The minimum absolute atomic E-state index is 0.0234. The maximum absolute atomic E-state index is 10.8. The number of nitrogens with one attached hydrogen (secondary N) is 1. The average molecular weight is 307 g/mol. The Morgan fingerprint density at radius 1 is 1.38 bits per heavy atom. The molecule has 0 amide bonds. The van der Waals surface area contributed by atoms with Crippen LogP contribution in [0, 0.1) is 10.1 Å². The summed E-state index contributed by atoms with van der Waals surface area (Å²) >= 11 is 6.08. The number of non-ortho nitro benzene ring substituents is 1. The fraction of sp³-hybridized carbons (Fsp3) is 0.214. The van der Waals surface area contributed by atoms with Crippen molar-refractivity contribution in [3.63, 3.8) is 0 Å². The summed E-state index contributed by atoms with van der Waals surface area (Å²) < 4.78 is 0. The number of nitro benzene ring substituents is 1. The quantitative estimate of drug-likeness (QED) is 0.677. The Hall–Kier alpha value is -2.34. The van der Waals surface area contributed by atoms with Gasteiger partial charge in [0.25, 0.3) is 5.69 Å². The fourth-order valence-electron chi connectivity index (χ4n) is 1.89. The van der Waals surface area contributed by atoms with Crippen LogP contribution >= 0.6 is 11.6 Å². The third kappa shape index (κ3) is 3.61. The molecule has 110 valence electrons. The van der Waals surface area contributed by atoms with Crippen LogP contribution in [0.15, 0.2) is 36.5 Å². The predicted molar refractivity (Wildman–Crippen MR) is 84.0 cm³/mol. The first-order valence-electron chi connectivity index (χ1n) is 6.28. The van der Waals surface area contributed by atoms with E-state index in [1.165, 1.54) is 18.2 Å². The van der Waals surface area contributed by atoms with E-state index < -0.39 is 4.92 Å². The fourth-order valence-corrected chi connectivity index (χ4v) is 2.08. The minimum atomic E-state index is -0.435. The van der Waals surface area contributed by atoms with Crippen LogP contribution in [0.1, 0.15) is 5.56 Å². The Kier molecular flexibility index (Phi) is 4.59. The van der Waals surface area contributed by atoms with Crippen LogP contribution in [0.3, 0.4) is 0 Å². The molecule has 6 nitrogen and oxygen atoms in total. The molecule has 7 heteroatoms. The third-order valence-electron chi connectivity index (χ3n) is 2.92. The maximum atomic E-state index is 10.8. The summed E-state index contributed by atoms with van der Waals surface area (Å²) in [6.45, 7) is 0.382. The second-order valence-electron chi connectivity index (χ2n) is 4.66. The molecular formula is C14H15ClN4O2. The number of pyridine rings is 1. The summed E-state index contributed by atoms with van der Waals surface area (Å²) in [5, 5.41) is 14.5. The van der Waals surface area contributed by atoms with Crippen molar-refractivity contribution in [2.75, 3.05) is 24.3 Å². The molecule has 0 saturated carbocycles. The van der Waals surface area contributed by atoms with Crippen LogP contribution < -0.4 is 10.2 Å². The molecule has 0 spiro atoms.